The zero-order chi connectivity index (χ0) is 15.1. The van der Waals surface area contributed by atoms with Crippen molar-refractivity contribution in [2.75, 3.05) is 0 Å². The first-order chi connectivity index (χ1) is 10.2. The van der Waals surface area contributed by atoms with Gasteiger partial charge in [0.15, 0.2) is 0 Å². The van der Waals surface area contributed by atoms with Gasteiger partial charge in [0.05, 0.1) is 17.8 Å². The molecule has 0 spiro atoms. The summed E-state index contributed by atoms with van der Waals surface area (Å²) in [4.78, 5) is 4.28. The number of hydrogen-bond acceptors (Lipinski definition) is 3. The number of aliphatic hydroxyl groups is 1. The van der Waals surface area contributed by atoms with Crippen LogP contribution >= 0.6 is 0 Å². The molecule has 0 bridgehead atoms. The predicted octanol–water partition coefficient (Wildman–Crippen LogP) is 3.18. The molecule has 1 atom stereocenters. The molecule has 0 fully saturated rings. The van der Waals surface area contributed by atoms with Crippen molar-refractivity contribution in [1.82, 2.24) is 14.8 Å². The van der Waals surface area contributed by atoms with Crippen LogP contribution in [-0.4, -0.2) is 26.0 Å². The molecule has 2 heterocycles. The van der Waals surface area contributed by atoms with Gasteiger partial charge in [-0.1, -0.05) is 19.9 Å². The SMILES string of the molecule is CCC(CC)n1ccc(CC(O)CCc2ccccn2)n1. The molecule has 1 unspecified atom stereocenters. The van der Waals surface area contributed by atoms with Gasteiger partial charge in [-0.05, 0) is 43.9 Å². The molecule has 2 rings (SSSR count). The van der Waals surface area contributed by atoms with Crippen molar-refractivity contribution in [3.05, 3.63) is 48.0 Å². The fourth-order valence-corrected chi connectivity index (χ4v) is 2.56. The minimum absolute atomic E-state index is 0.364. The van der Waals surface area contributed by atoms with Gasteiger partial charge >= 0.3 is 0 Å². The highest BCUT2D eigenvalue weighted by Crippen LogP contribution is 2.15. The van der Waals surface area contributed by atoms with Crippen molar-refractivity contribution < 1.29 is 5.11 Å². The van der Waals surface area contributed by atoms with Crippen LogP contribution in [0, 0.1) is 0 Å². The van der Waals surface area contributed by atoms with E-state index in [-0.39, 0.29) is 6.10 Å². The Labute approximate surface area is 126 Å². The largest absolute Gasteiger partial charge is 0.393 e. The summed E-state index contributed by atoms with van der Waals surface area (Å²) in [6.45, 7) is 4.36. The number of aryl methyl sites for hydroxylation is 1. The summed E-state index contributed by atoms with van der Waals surface area (Å²) in [5.74, 6) is 0. The van der Waals surface area contributed by atoms with Crippen LogP contribution in [0.2, 0.25) is 0 Å². The maximum absolute atomic E-state index is 10.1. The third kappa shape index (κ3) is 4.67. The minimum Gasteiger partial charge on any atom is -0.393 e. The van der Waals surface area contributed by atoms with Gasteiger partial charge in [0, 0.05) is 24.5 Å². The van der Waals surface area contributed by atoms with E-state index in [1.807, 2.05) is 35.1 Å². The van der Waals surface area contributed by atoms with E-state index in [1.54, 1.807) is 6.20 Å². The van der Waals surface area contributed by atoms with Crippen LogP contribution in [0.1, 0.15) is 50.5 Å². The molecule has 0 aliphatic carbocycles. The van der Waals surface area contributed by atoms with Gasteiger partial charge in [0.2, 0.25) is 0 Å². The topological polar surface area (TPSA) is 50.9 Å². The lowest BCUT2D eigenvalue weighted by atomic mass is 10.1. The van der Waals surface area contributed by atoms with E-state index < -0.39 is 0 Å². The van der Waals surface area contributed by atoms with Crippen LogP contribution in [-0.2, 0) is 12.8 Å². The summed E-state index contributed by atoms with van der Waals surface area (Å²) >= 11 is 0. The molecule has 21 heavy (non-hydrogen) atoms. The Bertz CT molecular complexity index is 520. The van der Waals surface area contributed by atoms with Crippen molar-refractivity contribution in [2.45, 2.75) is 58.1 Å². The van der Waals surface area contributed by atoms with E-state index in [0.717, 1.165) is 37.1 Å². The van der Waals surface area contributed by atoms with Crippen LogP contribution < -0.4 is 0 Å². The summed E-state index contributed by atoms with van der Waals surface area (Å²) in [5, 5.41) is 14.7. The Balaban J connectivity index is 1.84. The van der Waals surface area contributed by atoms with Crippen LogP contribution in [0.3, 0.4) is 0 Å². The second kappa shape index (κ2) is 7.93. The molecule has 0 aliphatic rings. The predicted molar refractivity (Wildman–Crippen MR) is 84.1 cm³/mol. The molecular weight excluding hydrogens is 262 g/mol. The Kier molecular flexibility index (Phi) is 5.93. The fourth-order valence-electron chi connectivity index (χ4n) is 2.56. The van der Waals surface area contributed by atoms with Crippen LogP contribution in [0.4, 0.5) is 0 Å². The van der Waals surface area contributed by atoms with E-state index in [0.29, 0.717) is 12.5 Å². The maximum Gasteiger partial charge on any atom is 0.0650 e. The average Bonchev–Trinajstić information content (AvgIpc) is 2.96. The molecule has 4 nitrogen and oxygen atoms in total. The molecular formula is C17H25N3O. The summed E-state index contributed by atoms with van der Waals surface area (Å²) in [7, 11) is 0. The highest BCUT2D eigenvalue weighted by Gasteiger charge is 2.11. The van der Waals surface area contributed by atoms with Gasteiger partial charge in [0.25, 0.3) is 0 Å². The van der Waals surface area contributed by atoms with Crippen LogP contribution in [0.25, 0.3) is 0 Å². The summed E-state index contributed by atoms with van der Waals surface area (Å²) in [6.07, 6.45) is 7.75. The minimum atomic E-state index is -0.364. The van der Waals surface area contributed by atoms with E-state index in [4.69, 9.17) is 0 Å². The average molecular weight is 287 g/mol. The Morgan fingerprint density at radius 2 is 1.95 bits per heavy atom. The molecule has 4 heteroatoms. The molecule has 2 aromatic rings. The number of pyridine rings is 1. The third-order valence-corrected chi connectivity index (χ3v) is 3.88. The van der Waals surface area contributed by atoms with Gasteiger partial charge in [-0.2, -0.15) is 5.10 Å². The van der Waals surface area contributed by atoms with E-state index in [2.05, 4.69) is 23.9 Å². The number of aromatic nitrogens is 3. The molecule has 114 valence electrons. The lowest BCUT2D eigenvalue weighted by Gasteiger charge is -2.13. The number of nitrogens with zero attached hydrogens (tertiary/aromatic N) is 3. The van der Waals surface area contributed by atoms with E-state index in [1.165, 1.54) is 0 Å². The normalized spacial score (nSPS) is 12.8. The first-order valence-corrected chi connectivity index (χ1v) is 7.85. The van der Waals surface area contributed by atoms with Gasteiger partial charge in [-0.15, -0.1) is 0 Å². The standard InChI is InChI=1S/C17H25N3O/c1-3-16(4-2)20-12-10-15(19-20)13-17(21)9-8-14-7-5-6-11-18-14/h5-7,10-12,16-17,21H,3-4,8-9,13H2,1-2H3. The van der Waals surface area contributed by atoms with Crippen molar-refractivity contribution in [2.24, 2.45) is 0 Å². The van der Waals surface area contributed by atoms with Gasteiger partial charge < -0.3 is 5.11 Å². The summed E-state index contributed by atoms with van der Waals surface area (Å²) in [6, 6.07) is 8.36. The third-order valence-electron chi connectivity index (χ3n) is 3.88. The molecule has 0 saturated carbocycles. The number of rotatable bonds is 8. The highest BCUT2D eigenvalue weighted by atomic mass is 16.3. The Morgan fingerprint density at radius 1 is 1.14 bits per heavy atom. The second-order valence-electron chi connectivity index (χ2n) is 5.48. The monoisotopic (exact) mass is 287 g/mol. The second-order valence-corrected chi connectivity index (χ2v) is 5.48. The van der Waals surface area contributed by atoms with Crippen molar-refractivity contribution in [1.29, 1.82) is 0 Å². The molecule has 0 aliphatic heterocycles. The highest BCUT2D eigenvalue weighted by molar-refractivity contribution is 5.05. The first kappa shape index (κ1) is 15.7. The lowest BCUT2D eigenvalue weighted by molar-refractivity contribution is 0.163. The molecule has 0 radical (unpaired) electrons. The quantitative estimate of drug-likeness (QED) is 0.811. The number of aliphatic hydroxyl groups excluding tert-OH is 1. The van der Waals surface area contributed by atoms with Gasteiger partial charge in [0.1, 0.15) is 0 Å². The zero-order valence-corrected chi connectivity index (χ0v) is 12.9. The van der Waals surface area contributed by atoms with Crippen molar-refractivity contribution >= 4 is 0 Å². The Hall–Kier alpha value is -1.68. The number of hydrogen-bond donors (Lipinski definition) is 1. The first-order valence-electron chi connectivity index (χ1n) is 7.85. The molecule has 0 aromatic carbocycles. The van der Waals surface area contributed by atoms with Crippen molar-refractivity contribution in [3.8, 4) is 0 Å². The summed E-state index contributed by atoms with van der Waals surface area (Å²) < 4.78 is 2.03. The molecule has 2 aromatic heterocycles. The molecule has 0 saturated heterocycles. The zero-order valence-electron chi connectivity index (χ0n) is 12.9. The Morgan fingerprint density at radius 3 is 2.62 bits per heavy atom. The lowest BCUT2D eigenvalue weighted by Crippen LogP contribution is -2.14. The van der Waals surface area contributed by atoms with Crippen LogP contribution in [0.15, 0.2) is 36.7 Å². The molecule has 0 amide bonds. The van der Waals surface area contributed by atoms with Crippen molar-refractivity contribution in [3.63, 3.8) is 0 Å². The fraction of sp³-hybridized carbons (Fsp3) is 0.529. The molecule has 1 N–H and O–H groups in total. The smallest absolute Gasteiger partial charge is 0.0650 e. The summed E-state index contributed by atoms with van der Waals surface area (Å²) in [5.41, 5.74) is 1.99. The van der Waals surface area contributed by atoms with E-state index >= 15 is 0 Å². The van der Waals surface area contributed by atoms with E-state index in [9.17, 15) is 5.11 Å². The maximum atomic E-state index is 10.1. The van der Waals surface area contributed by atoms with Crippen LogP contribution in [0.5, 0.6) is 0 Å². The van der Waals surface area contributed by atoms with Gasteiger partial charge in [-0.3, -0.25) is 9.67 Å². The van der Waals surface area contributed by atoms with Gasteiger partial charge in [-0.25, -0.2) is 0 Å².